The van der Waals surface area contributed by atoms with Crippen LogP contribution in [0.15, 0.2) is 35.1 Å². The van der Waals surface area contributed by atoms with Crippen molar-refractivity contribution in [3.63, 3.8) is 0 Å². The summed E-state index contributed by atoms with van der Waals surface area (Å²) in [6, 6.07) is 1.77. The molecule has 0 bridgehead atoms. The van der Waals surface area contributed by atoms with E-state index in [1.807, 2.05) is 6.92 Å². The fourth-order valence-corrected chi connectivity index (χ4v) is 4.37. The number of hydrogen-bond donors (Lipinski definition) is 1. The van der Waals surface area contributed by atoms with Crippen molar-refractivity contribution in [3.05, 3.63) is 46.3 Å². The van der Waals surface area contributed by atoms with Crippen LogP contribution in [-0.4, -0.2) is 22.8 Å². The van der Waals surface area contributed by atoms with E-state index < -0.39 is 10.0 Å². The number of hydrogen-bond acceptors (Lipinski definition) is 5. The molecule has 21 heavy (non-hydrogen) atoms. The number of halogens is 1. The monoisotopic (exact) mass is 342 g/mol. The summed E-state index contributed by atoms with van der Waals surface area (Å²) in [5.41, 5.74) is 1.77. The molecule has 0 aliphatic carbocycles. The number of nitrogens with one attached hydrogen (secondary N) is 1. The van der Waals surface area contributed by atoms with Gasteiger partial charge in [0.15, 0.2) is 15.1 Å². The minimum Gasteiger partial charge on any atom is -0.279 e. The third-order valence-corrected chi connectivity index (χ3v) is 5.58. The number of nitrogens with zero attached hydrogens (tertiary/aromatic N) is 3. The van der Waals surface area contributed by atoms with Gasteiger partial charge in [-0.1, -0.05) is 11.6 Å². The summed E-state index contributed by atoms with van der Waals surface area (Å²) in [7, 11) is -3.75. The van der Waals surface area contributed by atoms with Gasteiger partial charge in [0.25, 0.3) is 10.0 Å². The molecule has 0 fully saturated rings. The van der Waals surface area contributed by atoms with E-state index in [0.29, 0.717) is 4.96 Å². The van der Waals surface area contributed by atoms with Gasteiger partial charge < -0.3 is 0 Å². The van der Waals surface area contributed by atoms with Crippen LogP contribution in [-0.2, 0) is 16.6 Å². The molecule has 110 valence electrons. The molecular formula is C12H11ClN4O2S2. The first kappa shape index (κ1) is 14.5. The summed E-state index contributed by atoms with van der Waals surface area (Å²) in [5.74, 6) is 0. The van der Waals surface area contributed by atoms with E-state index in [4.69, 9.17) is 11.6 Å². The molecular weight excluding hydrogens is 332 g/mol. The van der Waals surface area contributed by atoms with Crippen molar-refractivity contribution in [2.75, 3.05) is 0 Å². The summed E-state index contributed by atoms with van der Waals surface area (Å²) >= 11 is 7.27. The van der Waals surface area contributed by atoms with Gasteiger partial charge in [-0.25, -0.2) is 18.1 Å². The number of rotatable bonds is 4. The first-order valence-electron chi connectivity index (χ1n) is 5.99. The zero-order valence-electron chi connectivity index (χ0n) is 10.9. The van der Waals surface area contributed by atoms with Gasteiger partial charge in [-0.05, 0) is 24.1 Å². The number of thiazole rings is 1. The second-order valence-corrected chi connectivity index (χ2v) is 7.30. The van der Waals surface area contributed by atoms with Crippen LogP contribution in [0.4, 0.5) is 0 Å². The Labute approximate surface area is 130 Å². The van der Waals surface area contributed by atoms with Crippen molar-refractivity contribution in [2.24, 2.45) is 0 Å². The number of aromatic nitrogens is 3. The smallest absolute Gasteiger partial charge is 0.260 e. The molecule has 0 spiro atoms. The lowest BCUT2D eigenvalue weighted by atomic mass is 10.2. The average Bonchev–Trinajstić information content (AvgIpc) is 2.97. The molecule has 3 heterocycles. The molecule has 0 atom stereocenters. The maximum Gasteiger partial charge on any atom is 0.260 e. The summed E-state index contributed by atoms with van der Waals surface area (Å²) < 4.78 is 28.9. The molecule has 0 unspecified atom stereocenters. The number of aryl methyl sites for hydroxylation is 1. The van der Waals surface area contributed by atoms with E-state index in [1.165, 1.54) is 15.7 Å². The Balaban J connectivity index is 1.93. The molecule has 0 aliphatic heterocycles. The largest absolute Gasteiger partial charge is 0.279 e. The second kappa shape index (κ2) is 5.38. The number of sulfonamides is 1. The van der Waals surface area contributed by atoms with Gasteiger partial charge in [0.1, 0.15) is 0 Å². The highest BCUT2D eigenvalue weighted by atomic mass is 35.5. The standard InChI is InChI=1S/C12H11ClN4O2S2/c1-8-6-14-3-2-9(8)7-15-21(18,19)11-10(13)16-12-17(11)4-5-20-12/h2-6,15H,7H2,1H3. The predicted molar refractivity (Wildman–Crippen MR) is 81.1 cm³/mol. The van der Waals surface area contributed by atoms with Gasteiger partial charge in [-0.15, -0.1) is 11.3 Å². The molecule has 1 N–H and O–H groups in total. The van der Waals surface area contributed by atoms with Gasteiger partial charge >= 0.3 is 0 Å². The molecule has 3 rings (SSSR count). The van der Waals surface area contributed by atoms with Crippen LogP contribution in [0.2, 0.25) is 5.15 Å². The maximum absolute atomic E-state index is 12.4. The van der Waals surface area contributed by atoms with Crippen LogP contribution in [0.25, 0.3) is 4.96 Å². The molecule has 0 amide bonds. The van der Waals surface area contributed by atoms with Crippen LogP contribution in [0, 0.1) is 6.92 Å². The number of imidazole rings is 1. The van der Waals surface area contributed by atoms with E-state index >= 15 is 0 Å². The highest BCUT2D eigenvalue weighted by molar-refractivity contribution is 7.89. The van der Waals surface area contributed by atoms with Gasteiger partial charge in [-0.3, -0.25) is 9.38 Å². The lowest BCUT2D eigenvalue weighted by Crippen LogP contribution is -2.25. The second-order valence-electron chi connectivity index (χ2n) is 4.39. The Bertz CT molecular complexity index is 901. The number of fused-ring (bicyclic) bond motifs is 1. The fraction of sp³-hybridized carbons (Fsp3) is 0.167. The van der Waals surface area contributed by atoms with Crippen LogP contribution < -0.4 is 4.72 Å². The van der Waals surface area contributed by atoms with E-state index in [-0.39, 0.29) is 16.7 Å². The normalized spacial score (nSPS) is 12.1. The van der Waals surface area contributed by atoms with Gasteiger partial charge in [0.2, 0.25) is 0 Å². The summed E-state index contributed by atoms with van der Waals surface area (Å²) in [5, 5.41) is 1.69. The van der Waals surface area contributed by atoms with E-state index in [9.17, 15) is 8.42 Å². The molecule has 0 saturated carbocycles. The summed E-state index contributed by atoms with van der Waals surface area (Å²) in [4.78, 5) is 8.55. The van der Waals surface area contributed by atoms with Crippen molar-refractivity contribution >= 4 is 37.9 Å². The first-order valence-corrected chi connectivity index (χ1v) is 8.73. The molecule has 3 aromatic heterocycles. The van der Waals surface area contributed by atoms with E-state index in [2.05, 4.69) is 14.7 Å². The molecule has 6 nitrogen and oxygen atoms in total. The number of pyridine rings is 1. The minimum atomic E-state index is -3.75. The fourth-order valence-electron chi connectivity index (χ4n) is 1.92. The molecule has 3 aromatic rings. The van der Waals surface area contributed by atoms with E-state index in [1.54, 1.807) is 30.0 Å². The highest BCUT2D eigenvalue weighted by Crippen LogP contribution is 2.25. The van der Waals surface area contributed by atoms with Crippen molar-refractivity contribution in [3.8, 4) is 0 Å². The van der Waals surface area contributed by atoms with Gasteiger partial charge in [-0.2, -0.15) is 0 Å². The Morgan fingerprint density at radius 1 is 1.48 bits per heavy atom. The van der Waals surface area contributed by atoms with Crippen LogP contribution >= 0.6 is 22.9 Å². The van der Waals surface area contributed by atoms with Crippen LogP contribution in [0.1, 0.15) is 11.1 Å². The van der Waals surface area contributed by atoms with Crippen molar-refractivity contribution in [2.45, 2.75) is 18.5 Å². The van der Waals surface area contributed by atoms with E-state index in [0.717, 1.165) is 11.1 Å². The molecule has 0 radical (unpaired) electrons. The molecule has 9 heteroatoms. The average molecular weight is 343 g/mol. The Hall–Kier alpha value is -1.48. The zero-order chi connectivity index (χ0) is 15.0. The third kappa shape index (κ3) is 2.67. The molecule has 0 aliphatic rings. The lowest BCUT2D eigenvalue weighted by Gasteiger charge is -2.08. The van der Waals surface area contributed by atoms with Crippen LogP contribution in [0.3, 0.4) is 0 Å². The first-order chi connectivity index (χ1) is 9.99. The summed E-state index contributed by atoms with van der Waals surface area (Å²) in [6.45, 7) is 2.05. The predicted octanol–water partition coefficient (Wildman–Crippen LogP) is 2.23. The SMILES string of the molecule is Cc1cnccc1CNS(=O)(=O)c1c(Cl)nc2sccn12. The van der Waals surface area contributed by atoms with Crippen LogP contribution in [0.5, 0.6) is 0 Å². The van der Waals surface area contributed by atoms with Gasteiger partial charge in [0, 0.05) is 30.5 Å². The highest BCUT2D eigenvalue weighted by Gasteiger charge is 2.24. The molecule has 0 aromatic carbocycles. The topological polar surface area (TPSA) is 76.4 Å². The third-order valence-electron chi connectivity index (χ3n) is 3.02. The van der Waals surface area contributed by atoms with Crippen molar-refractivity contribution in [1.29, 1.82) is 0 Å². The maximum atomic E-state index is 12.4. The zero-order valence-corrected chi connectivity index (χ0v) is 13.3. The minimum absolute atomic E-state index is 0.0270. The Morgan fingerprint density at radius 3 is 3.05 bits per heavy atom. The lowest BCUT2D eigenvalue weighted by molar-refractivity contribution is 0.576. The van der Waals surface area contributed by atoms with Crippen molar-refractivity contribution in [1.82, 2.24) is 19.1 Å². The Morgan fingerprint density at radius 2 is 2.29 bits per heavy atom. The quantitative estimate of drug-likeness (QED) is 0.788. The molecule has 0 saturated heterocycles. The van der Waals surface area contributed by atoms with Crippen molar-refractivity contribution < 1.29 is 8.42 Å². The Kier molecular flexibility index (Phi) is 3.70. The summed E-state index contributed by atoms with van der Waals surface area (Å²) in [6.07, 6.45) is 4.94. The van der Waals surface area contributed by atoms with Gasteiger partial charge in [0.05, 0.1) is 0 Å².